The van der Waals surface area contributed by atoms with Crippen LogP contribution in [-0.4, -0.2) is 26.0 Å². The lowest BCUT2D eigenvalue weighted by Gasteiger charge is -2.28. The first kappa shape index (κ1) is 12.5. The van der Waals surface area contributed by atoms with E-state index in [0.29, 0.717) is 12.8 Å². The fourth-order valence-electron chi connectivity index (χ4n) is 2.26. The van der Waals surface area contributed by atoms with Crippen LogP contribution < -0.4 is 5.73 Å². The van der Waals surface area contributed by atoms with Crippen molar-refractivity contribution in [2.45, 2.75) is 18.9 Å². The average molecular weight is 257 g/mol. The highest BCUT2D eigenvalue weighted by molar-refractivity contribution is 7.91. The van der Waals surface area contributed by atoms with Gasteiger partial charge >= 0.3 is 0 Å². The van der Waals surface area contributed by atoms with E-state index in [4.69, 9.17) is 5.73 Å². The second kappa shape index (κ2) is 4.74. The molecule has 2 rings (SSSR count). The van der Waals surface area contributed by atoms with E-state index in [-0.39, 0.29) is 29.3 Å². The minimum absolute atomic E-state index is 0.101. The summed E-state index contributed by atoms with van der Waals surface area (Å²) in [6.45, 7) is 0. The molecule has 5 heteroatoms. The molecule has 2 unspecified atom stereocenters. The van der Waals surface area contributed by atoms with Crippen molar-refractivity contribution in [2.75, 3.05) is 11.5 Å². The van der Waals surface area contributed by atoms with Gasteiger partial charge in [-0.3, -0.25) is 0 Å². The molecule has 1 aromatic carbocycles. The molecule has 1 aliphatic heterocycles. The molecule has 3 nitrogen and oxygen atoms in total. The summed E-state index contributed by atoms with van der Waals surface area (Å²) in [7, 11) is -2.97. The molecule has 0 amide bonds. The van der Waals surface area contributed by atoms with Crippen LogP contribution in [0.5, 0.6) is 0 Å². The molecule has 1 heterocycles. The summed E-state index contributed by atoms with van der Waals surface area (Å²) in [6.07, 6.45) is 1.03. The highest BCUT2D eigenvalue weighted by Crippen LogP contribution is 2.22. The van der Waals surface area contributed by atoms with Crippen molar-refractivity contribution in [3.63, 3.8) is 0 Å². The third kappa shape index (κ3) is 3.26. The Morgan fingerprint density at radius 1 is 1.41 bits per heavy atom. The van der Waals surface area contributed by atoms with Crippen LogP contribution in [0.1, 0.15) is 12.0 Å². The summed E-state index contributed by atoms with van der Waals surface area (Å²) < 4.78 is 36.1. The minimum atomic E-state index is -2.97. The van der Waals surface area contributed by atoms with Gasteiger partial charge in [0.1, 0.15) is 5.82 Å². The summed E-state index contributed by atoms with van der Waals surface area (Å²) >= 11 is 0. The molecule has 2 N–H and O–H groups in total. The van der Waals surface area contributed by atoms with E-state index in [2.05, 4.69) is 0 Å². The molecular weight excluding hydrogens is 241 g/mol. The summed E-state index contributed by atoms with van der Waals surface area (Å²) in [4.78, 5) is 0. The van der Waals surface area contributed by atoms with Crippen molar-refractivity contribution in [3.05, 3.63) is 35.6 Å². The number of rotatable bonds is 2. The molecule has 2 atom stereocenters. The van der Waals surface area contributed by atoms with E-state index in [1.54, 1.807) is 12.1 Å². The first-order valence-electron chi connectivity index (χ1n) is 5.67. The normalized spacial score (nSPS) is 27.9. The van der Waals surface area contributed by atoms with Gasteiger partial charge in [0.2, 0.25) is 0 Å². The number of halogens is 1. The van der Waals surface area contributed by atoms with Crippen LogP contribution in [0.2, 0.25) is 0 Å². The van der Waals surface area contributed by atoms with Crippen molar-refractivity contribution in [1.82, 2.24) is 0 Å². The van der Waals surface area contributed by atoms with Gasteiger partial charge in [-0.05, 0) is 36.5 Å². The third-order valence-electron chi connectivity index (χ3n) is 3.22. The molecule has 0 bridgehead atoms. The Morgan fingerprint density at radius 3 is 2.88 bits per heavy atom. The van der Waals surface area contributed by atoms with Crippen molar-refractivity contribution < 1.29 is 12.8 Å². The fourth-order valence-corrected chi connectivity index (χ4v) is 4.08. The monoisotopic (exact) mass is 257 g/mol. The van der Waals surface area contributed by atoms with Gasteiger partial charge in [-0.1, -0.05) is 12.1 Å². The van der Waals surface area contributed by atoms with E-state index >= 15 is 0 Å². The Kier molecular flexibility index (Phi) is 3.49. The van der Waals surface area contributed by atoms with Crippen LogP contribution in [0.4, 0.5) is 4.39 Å². The molecule has 94 valence electrons. The van der Waals surface area contributed by atoms with Crippen LogP contribution in [0, 0.1) is 11.7 Å². The molecule has 0 aliphatic carbocycles. The maximum Gasteiger partial charge on any atom is 0.150 e. The van der Waals surface area contributed by atoms with Crippen molar-refractivity contribution in [1.29, 1.82) is 0 Å². The molecule has 17 heavy (non-hydrogen) atoms. The topological polar surface area (TPSA) is 60.2 Å². The molecule has 0 aromatic heterocycles. The first-order chi connectivity index (χ1) is 7.96. The highest BCUT2D eigenvalue weighted by Gasteiger charge is 2.30. The first-order valence-corrected chi connectivity index (χ1v) is 7.49. The zero-order chi connectivity index (χ0) is 12.5. The van der Waals surface area contributed by atoms with Crippen molar-refractivity contribution in [3.8, 4) is 0 Å². The summed E-state index contributed by atoms with van der Waals surface area (Å²) in [5, 5.41) is 0. The number of hydrogen-bond donors (Lipinski definition) is 1. The lowest BCUT2D eigenvalue weighted by atomic mass is 9.92. The predicted octanol–water partition coefficient (Wildman–Crippen LogP) is 1.13. The Bertz CT molecular complexity index is 501. The number of nitrogens with two attached hydrogens (primary N) is 1. The van der Waals surface area contributed by atoms with Crippen molar-refractivity contribution >= 4 is 9.84 Å². The van der Waals surface area contributed by atoms with Gasteiger partial charge in [-0.25, -0.2) is 12.8 Å². The Balaban J connectivity index is 2.12. The van der Waals surface area contributed by atoms with Gasteiger partial charge in [0.15, 0.2) is 9.84 Å². The van der Waals surface area contributed by atoms with Gasteiger partial charge in [0.05, 0.1) is 11.5 Å². The van der Waals surface area contributed by atoms with E-state index in [0.717, 1.165) is 5.56 Å². The molecule has 0 radical (unpaired) electrons. The molecule has 1 aliphatic rings. The van der Waals surface area contributed by atoms with Crippen LogP contribution in [-0.2, 0) is 16.3 Å². The van der Waals surface area contributed by atoms with Crippen LogP contribution in [0.25, 0.3) is 0 Å². The Labute approximate surface area is 101 Å². The molecule has 1 saturated heterocycles. The minimum Gasteiger partial charge on any atom is -0.327 e. The average Bonchev–Trinajstić information content (AvgIpc) is 2.23. The van der Waals surface area contributed by atoms with Crippen LogP contribution in [0.3, 0.4) is 0 Å². The number of hydrogen-bond acceptors (Lipinski definition) is 3. The second-order valence-electron chi connectivity index (χ2n) is 4.66. The Morgan fingerprint density at radius 2 is 2.18 bits per heavy atom. The standard InChI is InChI=1S/C12H16FNO2S/c13-11-3-1-2-9(7-11)6-10-8-17(15,16)5-4-12(10)14/h1-3,7,10,12H,4-6,8,14H2. The van der Waals surface area contributed by atoms with Crippen molar-refractivity contribution in [2.24, 2.45) is 11.7 Å². The second-order valence-corrected chi connectivity index (χ2v) is 6.89. The van der Waals surface area contributed by atoms with Gasteiger partial charge < -0.3 is 5.73 Å². The SMILES string of the molecule is NC1CCS(=O)(=O)CC1Cc1cccc(F)c1. The molecule has 1 aromatic rings. The number of sulfone groups is 1. The quantitative estimate of drug-likeness (QED) is 0.864. The summed E-state index contributed by atoms with van der Waals surface area (Å²) in [5.41, 5.74) is 6.74. The largest absolute Gasteiger partial charge is 0.327 e. The van der Waals surface area contributed by atoms with E-state index in [9.17, 15) is 12.8 Å². The van der Waals surface area contributed by atoms with E-state index in [1.807, 2.05) is 0 Å². The highest BCUT2D eigenvalue weighted by atomic mass is 32.2. The van der Waals surface area contributed by atoms with E-state index < -0.39 is 9.84 Å². The Hall–Kier alpha value is -0.940. The predicted molar refractivity (Wildman–Crippen MR) is 64.8 cm³/mol. The molecule has 0 saturated carbocycles. The summed E-state index contributed by atoms with van der Waals surface area (Å²) in [6, 6.07) is 6.14. The van der Waals surface area contributed by atoms with Gasteiger partial charge in [-0.2, -0.15) is 0 Å². The summed E-state index contributed by atoms with van der Waals surface area (Å²) in [5.74, 6) is -0.108. The lowest BCUT2D eigenvalue weighted by Crippen LogP contribution is -2.42. The van der Waals surface area contributed by atoms with Crippen LogP contribution in [0.15, 0.2) is 24.3 Å². The van der Waals surface area contributed by atoms with Crippen LogP contribution >= 0.6 is 0 Å². The van der Waals surface area contributed by atoms with E-state index in [1.165, 1.54) is 12.1 Å². The smallest absolute Gasteiger partial charge is 0.150 e. The fraction of sp³-hybridized carbons (Fsp3) is 0.500. The van der Waals surface area contributed by atoms with Gasteiger partial charge in [0.25, 0.3) is 0 Å². The zero-order valence-electron chi connectivity index (χ0n) is 9.47. The maximum atomic E-state index is 13.0. The molecular formula is C12H16FNO2S. The molecule has 1 fully saturated rings. The zero-order valence-corrected chi connectivity index (χ0v) is 10.3. The lowest BCUT2D eigenvalue weighted by molar-refractivity contribution is 0.419. The number of benzene rings is 1. The molecule has 0 spiro atoms. The van der Waals surface area contributed by atoms with Gasteiger partial charge in [0, 0.05) is 6.04 Å². The van der Waals surface area contributed by atoms with Gasteiger partial charge in [-0.15, -0.1) is 0 Å². The third-order valence-corrected chi connectivity index (χ3v) is 5.02. The maximum absolute atomic E-state index is 13.0.